The maximum atomic E-state index is 9.53. The van der Waals surface area contributed by atoms with Crippen LogP contribution in [-0.4, -0.2) is 22.7 Å². The van der Waals surface area contributed by atoms with Gasteiger partial charge in [0, 0.05) is 13.0 Å². The summed E-state index contributed by atoms with van der Waals surface area (Å²) in [6.45, 7) is 4.31. The van der Waals surface area contributed by atoms with Gasteiger partial charge in [0.2, 0.25) is 0 Å². The van der Waals surface area contributed by atoms with Crippen molar-refractivity contribution in [3.8, 4) is 5.75 Å². The van der Waals surface area contributed by atoms with Gasteiger partial charge in [0.05, 0.1) is 0 Å². The van der Waals surface area contributed by atoms with Crippen LogP contribution in [-0.2, 0) is 0 Å². The molecule has 3 rings (SSSR count). The van der Waals surface area contributed by atoms with Crippen LogP contribution in [0.3, 0.4) is 0 Å². The maximum Gasteiger partial charge on any atom is 0.318 e. The van der Waals surface area contributed by atoms with Crippen LogP contribution in [0.4, 0.5) is 0 Å². The molecule has 1 aliphatic heterocycles. The first-order valence-electron chi connectivity index (χ1n) is 8.92. The highest BCUT2D eigenvalue weighted by Crippen LogP contribution is 2.43. The van der Waals surface area contributed by atoms with Crippen molar-refractivity contribution < 1.29 is 14.9 Å². The van der Waals surface area contributed by atoms with E-state index in [-0.39, 0.29) is 0 Å². The topological polar surface area (TPSA) is 61.7 Å². The minimum absolute atomic E-state index is 0.352. The SMILES string of the molecule is Cc1c(OC(C)(O)O)cccc1[C@H]1NCCC1C1CCCCC1. The van der Waals surface area contributed by atoms with Crippen LogP contribution in [0.5, 0.6) is 5.75 Å². The Balaban J connectivity index is 1.83. The molecule has 1 aromatic carbocycles. The molecule has 3 N–H and O–H groups in total. The van der Waals surface area contributed by atoms with E-state index in [4.69, 9.17) is 4.74 Å². The summed E-state index contributed by atoms with van der Waals surface area (Å²) in [7, 11) is 0. The zero-order chi connectivity index (χ0) is 16.4. The van der Waals surface area contributed by atoms with Crippen molar-refractivity contribution in [3.63, 3.8) is 0 Å². The molecule has 1 saturated heterocycles. The van der Waals surface area contributed by atoms with Gasteiger partial charge < -0.3 is 20.3 Å². The summed E-state index contributed by atoms with van der Waals surface area (Å²) >= 11 is 0. The highest BCUT2D eigenvalue weighted by molar-refractivity contribution is 5.41. The second-order valence-electron chi connectivity index (χ2n) is 7.29. The third-order valence-corrected chi connectivity index (χ3v) is 5.49. The number of ether oxygens (including phenoxy) is 1. The lowest BCUT2D eigenvalue weighted by molar-refractivity contribution is -0.278. The summed E-state index contributed by atoms with van der Waals surface area (Å²) in [5.41, 5.74) is 2.24. The van der Waals surface area contributed by atoms with Crippen LogP contribution in [0.2, 0.25) is 0 Å². The molecule has 2 fully saturated rings. The number of nitrogens with one attached hydrogen (secondary N) is 1. The summed E-state index contributed by atoms with van der Waals surface area (Å²) in [4.78, 5) is 0. The van der Waals surface area contributed by atoms with Crippen LogP contribution in [0, 0.1) is 18.8 Å². The molecule has 4 nitrogen and oxygen atoms in total. The number of rotatable bonds is 4. The Bertz CT molecular complexity index is 532. The fraction of sp³-hybridized carbons (Fsp3) is 0.684. The summed E-state index contributed by atoms with van der Waals surface area (Å²) in [5.74, 6) is -0.103. The first kappa shape index (κ1) is 16.7. The third-order valence-electron chi connectivity index (χ3n) is 5.49. The Labute approximate surface area is 138 Å². The van der Waals surface area contributed by atoms with Gasteiger partial charge in [0.1, 0.15) is 5.75 Å². The van der Waals surface area contributed by atoms with Gasteiger partial charge in [-0.3, -0.25) is 0 Å². The van der Waals surface area contributed by atoms with Gasteiger partial charge in [-0.25, -0.2) is 0 Å². The Kier molecular flexibility index (Phi) is 4.95. The van der Waals surface area contributed by atoms with Gasteiger partial charge in [-0.15, -0.1) is 0 Å². The molecule has 0 amide bonds. The Morgan fingerprint density at radius 3 is 2.57 bits per heavy atom. The Morgan fingerprint density at radius 1 is 1.13 bits per heavy atom. The molecule has 1 aliphatic carbocycles. The molecule has 1 saturated carbocycles. The molecule has 2 aliphatic rings. The van der Waals surface area contributed by atoms with Crippen molar-refractivity contribution in [1.29, 1.82) is 0 Å². The number of aliphatic hydroxyl groups is 2. The average Bonchev–Trinajstić information content (AvgIpc) is 2.98. The quantitative estimate of drug-likeness (QED) is 0.746. The minimum Gasteiger partial charge on any atom is -0.439 e. The van der Waals surface area contributed by atoms with Gasteiger partial charge in [0.15, 0.2) is 0 Å². The van der Waals surface area contributed by atoms with Gasteiger partial charge >= 0.3 is 5.97 Å². The van der Waals surface area contributed by atoms with E-state index in [0.717, 1.165) is 18.0 Å². The molecule has 23 heavy (non-hydrogen) atoms. The van der Waals surface area contributed by atoms with Crippen LogP contribution in [0.15, 0.2) is 18.2 Å². The molecule has 128 valence electrons. The zero-order valence-electron chi connectivity index (χ0n) is 14.2. The fourth-order valence-corrected chi connectivity index (χ4v) is 4.42. The average molecular weight is 319 g/mol. The van der Waals surface area contributed by atoms with E-state index in [0.29, 0.717) is 17.7 Å². The molecule has 1 unspecified atom stereocenters. The van der Waals surface area contributed by atoms with Gasteiger partial charge in [-0.1, -0.05) is 44.2 Å². The van der Waals surface area contributed by atoms with E-state index in [9.17, 15) is 10.2 Å². The van der Waals surface area contributed by atoms with Crippen molar-refractivity contribution in [2.75, 3.05) is 6.54 Å². The summed E-state index contributed by atoms with van der Waals surface area (Å²) < 4.78 is 5.30. The zero-order valence-corrected chi connectivity index (χ0v) is 14.2. The summed E-state index contributed by atoms with van der Waals surface area (Å²) in [6, 6.07) is 6.24. The minimum atomic E-state index is -2.14. The number of hydrogen-bond acceptors (Lipinski definition) is 4. The second kappa shape index (κ2) is 6.80. The van der Waals surface area contributed by atoms with Crippen LogP contribution in [0.25, 0.3) is 0 Å². The molecule has 1 heterocycles. The van der Waals surface area contributed by atoms with Crippen LogP contribution in [0.1, 0.15) is 62.6 Å². The lowest BCUT2D eigenvalue weighted by atomic mass is 9.75. The third kappa shape index (κ3) is 3.87. The second-order valence-corrected chi connectivity index (χ2v) is 7.29. The summed E-state index contributed by atoms with van der Waals surface area (Å²) in [5, 5.41) is 22.7. The van der Waals surface area contributed by atoms with Crippen LogP contribution >= 0.6 is 0 Å². The molecule has 2 atom stereocenters. The highest BCUT2D eigenvalue weighted by atomic mass is 16.8. The maximum absolute atomic E-state index is 9.53. The van der Waals surface area contributed by atoms with Crippen molar-refractivity contribution in [3.05, 3.63) is 29.3 Å². The molecular weight excluding hydrogens is 290 g/mol. The van der Waals surface area contributed by atoms with Crippen molar-refractivity contribution in [2.45, 2.75) is 64.4 Å². The van der Waals surface area contributed by atoms with E-state index in [1.54, 1.807) is 6.07 Å². The first-order chi connectivity index (χ1) is 11.0. The lowest BCUT2D eigenvalue weighted by Crippen LogP contribution is -2.31. The van der Waals surface area contributed by atoms with Crippen molar-refractivity contribution in [2.24, 2.45) is 11.8 Å². The predicted octanol–water partition coefficient (Wildman–Crippen LogP) is 3.26. The molecule has 1 aromatic rings. The van der Waals surface area contributed by atoms with E-state index in [1.165, 1.54) is 51.0 Å². The lowest BCUT2D eigenvalue weighted by Gasteiger charge is -2.32. The molecule has 0 radical (unpaired) electrons. The largest absolute Gasteiger partial charge is 0.439 e. The molecule has 0 bridgehead atoms. The van der Waals surface area contributed by atoms with E-state index in [2.05, 4.69) is 11.4 Å². The standard InChI is InChI=1S/C19H29NO3/c1-13-15(9-6-10-17(13)23-19(2,21)22)18-16(11-12-20-18)14-7-4-3-5-8-14/h6,9-10,14,16,18,20-22H,3-5,7-8,11-12H2,1-2H3/t16?,18-/m1/s1. The summed E-state index contributed by atoms with van der Waals surface area (Å²) in [6.07, 6.45) is 8.05. The Morgan fingerprint density at radius 2 is 1.87 bits per heavy atom. The predicted molar refractivity (Wildman–Crippen MR) is 90.1 cm³/mol. The smallest absolute Gasteiger partial charge is 0.318 e. The van der Waals surface area contributed by atoms with E-state index in [1.807, 2.05) is 13.0 Å². The van der Waals surface area contributed by atoms with Gasteiger partial charge in [-0.05, 0) is 48.9 Å². The monoisotopic (exact) mass is 319 g/mol. The van der Waals surface area contributed by atoms with Gasteiger partial charge in [0.25, 0.3) is 0 Å². The van der Waals surface area contributed by atoms with Gasteiger partial charge in [-0.2, -0.15) is 0 Å². The fourth-order valence-electron chi connectivity index (χ4n) is 4.42. The molecule has 0 spiro atoms. The number of benzene rings is 1. The Hall–Kier alpha value is -1.10. The van der Waals surface area contributed by atoms with E-state index >= 15 is 0 Å². The highest BCUT2D eigenvalue weighted by Gasteiger charge is 2.36. The molecular formula is C19H29NO3. The molecule has 4 heteroatoms. The van der Waals surface area contributed by atoms with Crippen molar-refractivity contribution in [1.82, 2.24) is 5.32 Å². The number of hydrogen-bond donors (Lipinski definition) is 3. The van der Waals surface area contributed by atoms with Crippen LogP contribution < -0.4 is 10.1 Å². The normalized spacial score (nSPS) is 26.4. The molecule has 0 aromatic heterocycles. The first-order valence-corrected chi connectivity index (χ1v) is 8.92. The van der Waals surface area contributed by atoms with Crippen molar-refractivity contribution >= 4 is 0 Å². The van der Waals surface area contributed by atoms with E-state index < -0.39 is 5.97 Å².